The lowest BCUT2D eigenvalue weighted by Crippen LogP contribution is -2.35. The first-order chi connectivity index (χ1) is 15.4. The van der Waals surface area contributed by atoms with Gasteiger partial charge in [-0.1, -0.05) is 30.3 Å². The van der Waals surface area contributed by atoms with E-state index in [4.69, 9.17) is 4.74 Å². The molecule has 0 fully saturated rings. The Kier molecular flexibility index (Phi) is 7.96. The summed E-state index contributed by atoms with van der Waals surface area (Å²) in [7, 11) is -2.18. The first-order valence-corrected chi connectivity index (χ1v) is 11.7. The van der Waals surface area contributed by atoms with E-state index in [0.29, 0.717) is 18.7 Å². The normalized spacial score (nSPS) is 13.5. The third-order valence-corrected chi connectivity index (χ3v) is 6.35. The zero-order valence-corrected chi connectivity index (χ0v) is 18.6. The molecule has 9 nitrogen and oxygen atoms in total. The molecule has 0 bridgehead atoms. The van der Waals surface area contributed by atoms with E-state index in [1.54, 1.807) is 12.1 Å². The summed E-state index contributed by atoms with van der Waals surface area (Å²) < 4.78 is 31.9. The second-order valence-corrected chi connectivity index (χ2v) is 8.87. The summed E-state index contributed by atoms with van der Waals surface area (Å²) in [5.41, 5.74) is 1.84. The monoisotopic (exact) mass is 458 g/mol. The van der Waals surface area contributed by atoms with Gasteiger partial charge in [0.15, 0.2) is 0 Å². The van der Waals surface area contributed by atoms with E-state index in [1.165, 1.54) is 24.3 Å². The van der Waals surface area contributed by atoms with E-state index >= 15 is 0 Å². The van der Waals surface area contributed by atoms with Crippen LogP contribution >= 0.6 is 0 Å². The van der Waals surface area contributed by atoms with Crippen molar-refractivity contribution < 1.29 is 22.7 Å². The number of methoxy groups -OCH3 is 1. The van der Waals surface area contributed by atoms with Crippen LogP contribution in [0, 0.1) is 0 Å². The molecule has 0 unspecified atom stereocenters. The number of nitrogens with one attached hydrogen (secondary N) is 2. The fourth-order valence-electron chi connectivity index (χ4n) is 3.13. The fourth-order valence-corrected chi connectivity index (χ4v) is 4.17. The lowest BCUT2D eigenvalue weighted by atomic mass is 10.1. The van der Waals surface area contributed by atoms with Gasteiger partial charge in [-0.25, -0.2) is 18.1 Å². The maximum Gasteiger partial charge on any atom is 0.243 e. The molecule has 1 aliphatic heterocycles. The molecule has 2 aromatic carbocycles. The van der Waals surface area contributed by atoms with Gasteiger partial charge in [-0.15, -0.1) is 0 Å². The molecule has 2 aromatic rings. The van der Waals surface area contributed by atoms with Crippen LogP contribution in [0.3, 0.4) is 0 Å². The maximum atomic E-state index is 12.3. The number of ether oxygens (including phenoxy) is 1. The second kappa shape index (κ2) is 10.9. The molecular weight excluding hydrogens is 432 g/mol. The van der Waals surface area contributed by atoms with Crippen LogP contribution in [-0.4, -0.2) is 57.7 Å². The first kappa shape index (κ1) is 23.4. The number of amides is 2. The molecule has 0 aliphatic carbocycles. The molecule has 0 atom stereocenters. The second-order valence-electron chi connectivity index (χ2n) is 7.10. The fraction of sp³-hybridized carbons (Fsp3) is 0.318. The summed E-state index contributed by atoms with van der Waals surface area (Å²) in [5, 5.41) is 8.38. The van der Waals surface area contributed by atoms with Crippen LogP contribution in [0.5, 0.6) is 5.75 Å². The predicted molar refractivity (Wildman–Crippen MR) is 120 cm³/mol. The molecule has 0 radical (unpaired) electrons. The van der Waals surface area contributed by atoms with Crippen LogP contribution in [0.2, 0.25) is 0 Å². The minimum atomic E-state index is -3.68. The van der Waals surface area contributed by atoms with Crippen molar-refractivity contribution in [3.05, 3.63) is 60.2 Å². The number of hydrazone groups is 1. The average Bonchev–Trinajstić information content (AvgIpc) is 3.31. The quantitative estimate of drug-likeness (QED) is 0.524. The molecule has 2 amide bonds. The summed E-state index contributed by atoms with van der Waals surface area (Å²) >= 11 is 0. The van der Waals surface area contributed by atoms with Gasteiger partial charge in [0.25, 0.3) is 0 Å². The molecule has 0 spiro atoms. The van der Waals surface area contributed by atoms with Gasteiger partial charge < -0.3 is 10.1 Å². The number of hydrogen-bond donors (Lipinski definition) is 2. The molecule has 170 valence electrons. The number of carbonyl (C=O) groups excluding carboxylic acids is 2. The Morgan fingerprint density at radius 1 is 1.03 bits per heavy atom. The van der Waals surface area contributed by atoms with Crippen LogP contribution < -0.4 is 14.8 Å². The van der Waals surface area contributed by atoms with Gasteiger partial charge >= 0.3 is 0 Å². The number of carbonyl (C=O) groups is 2. The van der Waals surface area contributed by atoms with Gasteiger partial charge in [0.1, 0.15) is 5.75 Å². The van der Waals surface area contributed by atoms with Crippen molar-refractivity contribution in [1.29, 1.82) is 0 Å². The lowest BCUT2D eigenvalue weighted by molar-refractivity contribution is -0.133. The van der Waals surface area contributed by atoms with E-state index in [0.717, 1.165) is 11.3 Å². The van der Waals surface area contributed by atoms with Crippen molar-refractivity contribution in [3.63, 3.8) is 0 Å². The first-order valence-electron chi connectivity index (χ1n) is 10.2. The highest BCUT2D eigenvalue weighted by molar-refractivity contribution is 7.89. The number of hydrogen-bond acceptors (Lipinski definition) is 6. The smallest absolute Gasteiger partial charge is 0.243 e. The van der Waals surface area contributed by atoms with Crippen LogP contribution in [-0.2, 0) is 19.6 Å². The van der Waals surface area contributed by atoms with Crippen LogP contribution in [0.25, 0.3) is 0 Å². The van der Waals surface area contributed by atoms with Crippen LogP contribution in [0.4, 0.5) is 0 Å². The number of rotatable bonds is 10. The summed E-state index contributed by atoms with van der Waals surface area (Å²) in [5.74, 6) is 0.0152. The Balaban J connectivity index is 1.37. The van der Waals surface area contributed by atoms with Gasteiger partial charge in [-0.2, -0.15) is 5.10 Å². The molecule has 2 N–H and O–H groups in total. The minimum absolute atomic E-state index is 0.0107. The van der Waals surface area contributed by atoms with Gasteiger partial charge in [-0.05, 0) is 29.8 Å². The van der Waals surface area contributed by atoms with Crippen molar-refractivity contribution in [3.8, 4) is 5.75 Å². The van der Waals surface area contributed by atoms with Crippen LogP contribution in [0.1, 0.15) is 24.8 Å². The maximum absolute atomic E-state index is 12.3. The largest absolute Gasteiger partial charge is 0.497 e. The highest BCUT2D eigenvalue weighted by Gasteiger charge is 2.22. The zero-order chi connectivity index (χ0) is 23.0. The SMILES string of the molecule is COc1ccc(S(=O)(=O)NCCNC(=O)CCC(=O)N2CCC(c3ccccc3)=N2)cc1. The van der Waals surface area contributed by atoms with Crippen LogP contribution in [0.15, 0.2) is 64.6 Å². The Morgan fingerprint density at radius 2 is 1.75 bits per heavy atom. The highest BCUT2D eigenvalue weighted by Crippen LogP contribution is 2.16. The minimum Gasteiger partial charge on any atom is -0.497 e. The molecule has 1 heterocycles. The van der Waals surface area contributed by atoms with Crippen molar-refractivity contribution in [2.24, 2.45) is 5.10 Å². The molecule has 3 rings (SSSR count). The highest BCUT2D eigenvalue weighted by atomic mass is 32.2. The van der Waals surface area contributed by atoms with Gasteiger partial charge in [0.2, 0.25) is 21.8 Å². The number of benzene rings is 2. The van der Waals surface area contributed by atoms with E-state index in [1.807, 2.05) is 30.3 Å². The Bertz CT molecular complexity index is 1070. The van der Waals surface area contributed by atoms with E-state index in [2.05, 4.69) is 15.1 Å². The summed E-state index contributed by atoms with van der Waals surface area (Å²) in [6.45, 7) is 0.644. The predicted octanol–water partition coefficient (Wildman–Crippen LogP) is 1.51. The molecule has 0 saturated carbocycles. The Labute approximate surface area is 187 Å². The average molecular weight is 459 g/mol. The molecule has 1 aliphatic rings. The molecule has 32 heavy (non-hydrogen) atoms. The topological polar surface area (TPSA) is 117 Å². The van der Waals surface area contributed by atoms with Crippen molar-refractivity contribution in [2.45, 2.75) is 24.2 Å². The zero-order valence-electron chi connectivity index (χ0n) is 17.8. The van der Waals surface area contributed by atoms with Gasteiger partial charge in [0.05, 0.1) is 24.3 Å². The Hall–Kier alpha value is -3.24. The van der Waals surface area contributed by atoms with E-state index in [-0.39, 0.29) is 42.6 Å². The summed E-state index contributed by atoms with van der Waals surface area (Å²) in [6.07, 6.45) is 0.724. The Morgan fingerprint density at radius 3 is 2.44 bits per heavy atom. The van der Waals surface area contributed by atoms with Crippen molar-refractivity contribution in [1.82, 2.24) is 15.0 Å². The third kappa shape index (κ3) is 6.38. The third-order valence-electron chi connectivity index (χ3n) is 4.87. The molecule has 0 aromatic heterocycles. The number of nitrogens with zero attached hydrogens (tertiary/aromatic N) is 2. The summed E-state index contributed by atoms with van der Waals surface area (Å²) in [4.78, 5) is 24.4. The van der Waals surface area contributed by atoms with E-state index in [9.17, 15) is 18.0 Å². The van der Waals surface area contributed by atoms with Gasteiger partial charge in [-0.3, -0.25) is 9.59 Å². The number of sulfonamides is 1. The van der Waals surface area contributed by atoms with Crippen molar-refractivity contribution in [2.75, 3.05) is 26.7 Å². The van der Waals surface area contributed by atoms with E-state index < -0.39 is 10.0 Å². The van der Waals surface area contributed by atoms with Gasteiger partial charge in [0, 0.05) is 32.4 Å². The molecule has 0 saturated heterocycles. The van der Waals surface area contributed by atoms with Crippen molar-refractivity contribution >= 4 is 27.5 Å². The molecular formula is C22H26N4O5S. The standard InChI is InChI=1S/C22H26N4O5S/c1-31-18-7-9-19(10-8-18)32(29,30)24-15-14-23-21(27)11-12-22(28)26-16-13-20(25-26)17-5-3-2-4-6-17/h2-10,24H,11-16H2,1H3,(H,23,27). The summed E-state index contributed by atoms with van der Waals surface area (Å²) in [6, 6.07) is 15.6. The lowest BCUT2D eigenvalue weighted by Gasteiger charge is -2.11. The molecule has 10 heteroatoms.